The van der Waals surface area contributed by atoms with Crippen LogP contribution in [0.15, 0.2) is 48.5 Å². The zero-order valence-electron chi connectivity index (χ0n) is 16.8. The van der Waals surface area contributed by atoms with Crippen LogP contribution in [0.4, 0.5) is 18.9 Å². The van der Waals surface area contributed by atoms with Crippen molar-refractivity contribution >= 4 is 17.5 Å². The lowest BCUT2D eigenvalue weighted by Gasteiger charge is -2.32. The molecule has 3 rings (SSSR count). The van der Waals surface area contributed by atoms with Crippen molar-refractivity contribution in [2.24, 2.45) is 5.92 Å². The number of hydrogen-bond donors (Lipinski definition) is 1. The van der Waals surface area contributed by atoms with Gasteiger partial charge in [0.1, 0.15) is 0 Å². The lowest BCUT2D eigenvalue weighted by Crippen LogP contribution is -2.38. The summed E-state index contributed by atoms with van der Waals surface area (Å²) in [6.07, 6.45) is -1.92. The summed E-state index contributed by atoms with van der Waals surface area (Å²) in [5, 5.41) is 2.54. The van der Waals surface area contributed by atoms with E-state index in [0.29, 0.717) is 31.0 Å². The van der Waals surface area contributed by atoms with Crippen molar-refractivity contribution in [2.75, 3.05) is 18.4 Å². The predicted octanol–water partition coefficient (Wildman–Crippen LogP) is 5.28. The maximum absolute atomic E-state index is 12.8. The number of carbonyl (C=O) groups is 2. The molecule has 2 aromatic rings. The first-order chi connectivity index (χ1) is 14.2. The van der Waals surface area contributed by atoms with Crippen LogP contribution in [0.25, 0.3) is 0 Å². The molecule has 0 atom stereocenters. The first kappa shape index (κ1) is 21.9. The molecule has 0 unspecified atom stereocenters. The molecule has 0 radical (unpaired) electrons. The fourth-order valence-electron chi connectivity index (χ4n) is 3.64. The Morgan fingerprint density at radius 2 is 1.73 bits per heavy atom. The molecule has 1 fully saturated rings. The van der Waals surface area contributed by atoms with Crippen LogP contribution in [0.1, 0.15) is 47.2 Å². The van der Waals surface area contributed by atoms with E-state index < -0.39 is 11.7 Å². The number of carbonyl (C=O) groups excluding carboxylic acids is 2. The quantitative estimate of drug-likeness (QED) is 0.718. The SMILES string of the molecule is Cc1ccc(C(=O)N2CCC(CCC(=O)Nc3cccc(C(F)(F)F)c3)CC2)cc1. The molecule has 30 heavy (non-hydrogen) atoms. The summed E-state index contributed by atoms with van der Waals surface area (Å²) < 4.78 is 38.3. The summed E-state index contributed by atoms with van der Waals surface area (Å²) in [5.74, 6) is 0.0440. The Morgan fingerprint density at radius 1 is 1.07 bits per heavy atom. The molecule has 2 amide bonds. The highest BCUT2D eigenvalue weighted by Crippen LogP contribution is 2.31. The third kappa shape index (κ3) is 5.84. The van der Waals surface area contributed by atoms with E-state index >= 15 is 0 Å². The molecule has 0 aliphatic carbocycles. The minimum absolute atomic E-state index is 0.0238. The third-order valence-electron chi connectivity index (χ3n) is 5.45. The highest BCUT2D eigenvalue weighted by atomic mass is 19.4. The van der Waals surface area contributed by atoms with Crippen LogP contribution in [0.5, 0.6) is 0 Å². The molecule has 2 aromatic carbocycles. The molecule has 0 saturated carbocycles. The number of rotatable bonds is 5. The lowest BCUT2D eigenvalue weighted by atomic mass is 9.91. The fraction of sp³-hybridized carbons (Fsp3) is 0.391. The molecule has 160 valence electrons. The minimum atomic E-state index is -4.44. The molecule has 0 bridgehead atoms. The van der Waals surface area contributed by atoms with Gasteiger partial charge in [-0.2, -0.15) is 13.2 Å². The van der Waals surface area contributed by atoms with E-state index in [1.807, 2.05) is 36.1 Å². The molecule has 7 heteroatoms. The second-order valence-electron chi connectivity index (χ2n) is 7.77. The molecule has 1 heterocycles. The average molecular weight is 418 g/mol. The van der Waals surface area contributed by atoms with Crippen molar-refractivity contribution in [3.63, 3.8) is 0 Å². The Bertz CT molecular complexity index is 886. The predicted molar refractivity (Wildman–Crippen MR) is 109 cm³/mol. The molecular formula is C23H25F3N2O2. The van der Waals surface area contributed by atoms with Gasteiger partial charge >= 0.3 is 6.18 Å². The molecule has 4 nitrogen and oxygen atoms in total. The monoisotopic (exact) mass is 418 g/mol. The lowest BCUT2D eigenvalue weighted by molar-refractivity contribution is -0.137. The summed E-state index contributed by atoms with van der Waals surface area (Å²) in [6, 6.07) is 12.1. The zero-order chi connectivity index (χ0) is 21.7. The Morgan fingerprint density at radius 3 is 2.37 bits per heavy atom. The Balaban J connectivity index is 1.44. The van der Waals surface area contributed by atoms with Gasteiger partial charge < -0.3 is 10.2 Å². The molecule has 1 aliphatic heterocycles. The molecule has 1 saturated heterocycles. The van der Waals surface area contributed by atoms with E-state index in [1.54, 1.807) is 0 Å². The second kappa shape index (κ2) is 9.32. The van der Waals surface area contributed by atoms with E-state index in [1.165, 1.54) is 12.1 Å². The van der Waals surface area contributed by atoms with Crippen molar-refractivity contribution < 1.29 is 22.8 Å². The number of nitrogens with zero attached hydrogens (tertiary/aromatic N) is 1. The van der Waals surface area contributed by atoms with Gasteiger partial charge in [0.15, 0.2) is 0 Å². The van der Waals surface area contributed by atoms with Crippen LogP contribution < -0.4 is 5.32 Å². The maximum atomic E-state index is 12.8. The van der Waals surface area contributed by atoms with E-state index in [9.17, 15) is 22.8 Å². The largest absolute Gasteiger partial charge is 0.416 e. The summed E-state index contributed by atoms with van der Waals surface area (Å²) in [7, 11) is 0. The van der Waals surface area contributed by atoms with Gasteiger partial charge in [0.05, 0.1) is 5.56 Å². The van der Waals surface area contributed by atoms with Crippen LogP contribution >= 0.6 is 0 Å². The van der Waals surface area contributed by atoms with E-state index in [2.05, 4.69) is 5.32 Å². The van der Waals surface area contributed by atoms with Crippen LogP contribution in [-0.4, -0.2) is 29.8 Å². The molecular weight excluding hydrogens is 393 g/mol. The van der Waals surface area contributed by atoms with Gasteiger partial charge in [-0.05, 0) is 62.4 Å². The second-order valence-corrected chi connectivity index (χ2v) is 7.77. The number of likely N-dealkylation sites (tertiary alicyclic amines) is 1. The van der Waals surface area contributed by atoms with Crippen molar-refractivity contribution in [1.29, 1.82) is 0 Å². The smallest absolute Gasteiger partial charge is 0.339 e. The van der Waals surface area contributed by atoms with Gasteiger partial charge in [0.2, 0.25) is 5.91 Å². The van der Waals surface area contributed by atoms with Gasteiger partial charge in [-0.1, -0.05) is 23.8 Å². The highest BCUT2D eigenvalue weighted by Gasteiger charge is 2.30. The maximum Gasteiger partial charge on any atom is 0.416 e. The number of halogens is 3. The van der Waals surface area contributed by atoms with Crippen molar-refractivity contribution in [1.82, 2.24) is 4.90 Å². The number of nitrogens with one attached hydrogen (secondary N) is 1. The standard InChI is InChI=1S/C23H25F3N2O2/c1-16-5-8-18(9-6-16)22(30)28-13-11-17(12-14-28)7-10-21(29)27-20-4-2-3-19(15-20)23(24,25)26/h2-6,8-9,15,17H,7,10-14H2,1H3,(H,27,29). The van der Waals surface area contributed by atoms with Crippen LogP contribution in [-0.2, 0) is 11.0 Å². The number of aryl methyl sites for hydroxylation is 1. The molecule has 0 spiro atoms. The number of alkyl halides is 3. The Kier molecular flexibility index (Phi) is 6.80. The van der Waals surface area contributed by atoms with Gasteiger partial charge in [0.25, 0.3) is 5.91 Å². The molecule has 0 aromatic heterocycles. The van der Waals surface area contributed by atoms with E-state index in [-0.39, 0.29) is 23.9 Å². The number of amides is 2. The molecule has 1 N–H and O–H groups in total. The number of piperidine rings is 1. The van der Waals surface area contributed by atoms with Crippen molar-refractivity contribution in [2.45, 2.75) is 38.8 Å². The van der Waals surface area contributed by atoms with E-state index in [0.717, 1.165) is 30.5 Å². The van der Waals surface area contributed by atoms with Gasteiger partial charge in [0, 0.05) is 30.8 Å². The van der Waals surface area contributed by atoms with Gasteiger partial charge in [-0.15, -0.1) is 0 Å². The van der Waals surface area contributed by atoms with Gasteiger partial charge in [-0.3, -0.25) is 9.59 Å². The highest BCUT2D eigenvalue weighted by molar-refractivity contribution is 5.94. The minimum Gasteiger partial charge on any atom is -0.339 e. The summed E-state index contributed by atoms with van der Waals surface area (Å²) >= 11 is 0. The third-order valence-corrected chi connectivity index (χ3v) is 5.45. The fourth-order valence-corrected chi connectivity index (χ4v) is 3.64. The normalized spacial score (nSPS) is 15.1. The Labute approximate surface area is 174 Å². The zero-order valence-corrected chi connectivity index (χ0v) is 16.8. The summed E-state index contributed by atoms with van der Waals surface area (Å²) in [4.78, 5) is 26.5. The topological polar surface area (TPSA) is 49.4 Å². The average Bonchev–Trinajstić information content (AvgIpc) is 2.72. The summed E-state index contributed by atoms with van der Waals surface area (Å²) in [5.41, 5.74) is 1.15. The van der Waals surface area contributed by atoms with Crippen LogP contribution in [0, 0.1) is 12.8 Å². The first-order valence-corrected chi connectivity index (χ1v) is 10.1. The number of benzene rings is 2. The van der Waals surface area contributed by atoms with Gasteiger partial charge in [-0.25, -0.2) is 0 Å². The molecule has 1 aliphatic rings. The Hall–Kier alpha value is -2.83. The number of anilines is 1. The van der Waals surface area contributed by atoms with Crippen molar-refractivity contribution in [3.8, 4) is 0 Å². The van der Waals surface area contributed by atoms with Crippen LogP contribution in [0.2, 0.25) is 0 Å². The summed E-state index contributed by atoms with van der Waals surface area (Å²) in [6.45, 7) is 3.27. The van der Waals surface area contributed by atoms with E-state index in [4.69, 9.17) is 0 Å². The van der Waals surface area contributed by atoms with Crippen LogP contribution in [0.3, 0.4) is 0 Å². The first-order valence-electron chi connectivity index (χ1n) is 10.1. The van der Waals surface area contributed by atoms with Crippen molar-refractivity contribution in [3.05, 3.63) is 65.2 Å². The number of hydrogen-bond acceptors (Lipinski definition) is 2.